The van der Waals surface area contributed by atoms with E-state index in [0.29, 0.717) is 9.79 Å². The van der Waals surface area contributed by atoms with E-state index in [9.17, 15) is 4.79 Å². The smallest absolute Gasteiger partial charge is 0.245 e. The Morgan fingerprint density at radius 1 is 1.33 bits per heavy atom. The number of fused-ring (bicyclic) bond motifs is 1. The summed E-state index contributed by atoms with van der Waals surface area (Å²) in [6.45, 7) is 3.60. The molecule has 1 saturated heterocycles. The summed E-state index contributed by atoms with van der Waals surface area (Å²) in [7, 11) is 0. The van der Waals surface area contributed by atoms with Gasteiger partial charge in [-0.2, -0.15) is 0 Å². The van der Waals surface area contributed by atoms with Crippen molar-refractivity contribution in [3.05, 3.63) is 28.0 Å². The Morgan fingerprint density at radius 2 is 2.05 bits per heavy atom. The van der Waals surface area contributed by atoms with Gasteiger partial charge in [0.15, 0.2) is 4.77 Å². The minimum absolute atomic E-state index is 0.131. The molecule has 6 heteroatoms. The first kappa shape index (κ1) is 14.6. The summed E-state index contributed by atoms with van der Waals surface area (Å²) in [5, 5.41) is 0.642. The summed E-state index contributed by atoms with van der Waals surface area (Å²) < 4.78 is 2.43. The molecule has 3 rings (SSSR count). The van der Waals surface area contributed by atoms with Crippen LogP contribution < -0.4 is 0 Å². The van der Waals surface area contributed by atoms with Crippen molar-refractivity contribution < 1.29 is 4.79 Å². The molecule has 21 heavy (non-hydrogen) atoms. The first-order valence-electron chi connectivity index (χ1n) is 7.26. The third kappa shape index (κ3) is 2.72. The van der Waals surface area contributed by atoms with E-state index in [1.807, 2.05) is 34.6 Å². The van der Waals surface area contributed by atoms with Gasteiger partial charge in [0.2, 0.25) is 5.91 Å². The van der Waals surface area contributed by atoms with Crippen molar-refractivity contribution in [2.45, 2.75) is 32.2 Å². The molecule has 112 valence electrons. The van der Waals surface area contributed by atoms with Gasteiger partial charge in [-0.3, -0.25) is 4.79 Å². The van der Waals surface area contributed by atoms with Gasteiger partial charge in [0.05, 0.1) is 11.0 Å². The van der Waals surface area contributed by atoms with Crippen LogP contribution in [0.4, 0.5) is 0 Å². The molecular weight excluding hydrogens is 306 g/mol. The van der Waals surface area contributed by atoms with E-state index >= 15 is 0 Å². The molecule has 1 aromatic carbocycles. The molecule has 1 fully saturated rings. The lowest BCUT2D eigenvalue weighted by Gasteiger charge is -2.29. The zero-order valence-electron chi connectivity index (χ0n) is 11.9. The number of imidazole rings is 1. The number of rotatable bonds is 2. The summed E-state index contributed by atoms with van der Waals surface area (Å²) in [6, 6.07) is 5.24. The van der Waals surface area contributed by atoms with Crippen LogP contribution in [0.25, 0.3) is 11.0 Å². The lowest BCUT2D eigenvalue weighted by molar-refractivity contribution is -0.135. The van der Waals surface area contributed by atoms with Crippen LogP contribution in [0.1, 0.15) is 32.2 Å². The van der Waals surface area contributed by atoms with E-state index in [0.717, 1.165) is 37.0 Å². The van der Waals surface area contributed by atoms with Crippen LogP contribution >= 0.6 is 23.8 Å². The summed E-state index contributed by atoms with van der Waals surface area (Å²) in [5.41, 5.74) is 1.79. The van der Waals surface area contributed by atoms with Gasteiger partial charge in [-0.15, -0.1) is 0 Å². The molecule has 1 N–H and O–H groups in total. The van der Waals surface area contributed by atoms with Crippen LogP contribution in [0, 0.1) is 4.77 Å². The van der Waals surface area contributed by atoms with Gasteiger partial charge in [0.25, 0.3) is 0 Å². The van der Waals surface area contributed by atoms with Crippen molar-refractivity contribution in [3.8, 4) is 0 Å². The molecular formula is C15H18ClN3OS. The van der Waals surface area contributed by atoms with Crippen LogP contribution in [0.3, 0.4) is 0 Å². The van der Waals surface area contributed by atoms with E-state index in [1.54, 1.807) is 0 Å². The topological polar surface area (TPSA) is 41.0 Å². The number of halogens is 1. The molecule has 0 bridgehead atoms. The number of benzene rings is 1. The van der Waals surface area contributed by atoms with Crippen molar-refractivity contribution in [2.75, 3.05) is 13.1 Å². The molecule has 0 aliphatic carbocycles. The molecule has 1 aliphatic rings. The van der Waals surface area contributed by atoms with Gasteiger partial charge >= 0.3 is 0 Å². The van der Waals surface area contributed by atoms with Gasteiger partial charge in [-0.05, 0) is 56.6 Å². The number of amides is 1. The largest absolute Gasteiger partial charge is 0.341 e. The first-order chi connectivity index (χ1) is 10.1. The first-order valence-corrected chi connectivity index (χ1v) is 8.05. The van der Waals surface area contributed by atoms with Crippen LogP contribution in [-0.4, -0.2) is 33.4 Å². The Balaban J connectivity index is 1.98. The van der Waals surface area contributed by atoms with Crippen LogP contribution in [0.2, 0.25) is 5.02 Å². The molecule has 0 spiro atoms. The highest BCUT2D eigenvalue weighted by molar-refractivity contribution is 7.71. The predicted molar refractivity (Wildman–Crippen MR) is 87.3 cm³/mol. The second kappa shape index (κ2) is 5.81. The number of aromatic nitrogens is 2. The lowest BCUT2D eigenvalue weighted by Crippen LogP contribution is -2.39. The van der Waals surface area contributed by atoms with Crippen molar-refractivity contribution in [1.29, 1.82) is 0 Å². The number of hydrogen-bond acceptors (Lipinski definition) is 2. The molecule has 1 atom stereocenters. The Kier molecular flexibility index (Phi) is 4.04. The number of nitrogens with zero attached hydrogens (tertiary/aromatic N) is 2. The number of carbonyl (C=O) groups is 1. The van der Waals surface area contributed by atoms with Crippen molar-refractivity contribution in [3.63, 3.8) is 0 Å². The third-order valence-corrected chi connectivity index (χ3v) is 4.63. The average Bonchev–Trinajstić information content (AvgIpc) is 2.82. The van der Waals surface area contributed by atoms with Gasteiger partial charge in [0, 0.05) is 18.1 Å². The fourth-order valence-corrected chi connectivity index (χ4v) is 3.50. The zero-order chi connectivity index (χ0) is 15.0. The van der Waals surface area contributed by atoms with Crippen LogP contribution in [0.15, 0.2) is 18.2 Å². The van der Waals surface area contributed by atoms with Crippen molar-refractivity contribution >= 4 is 40.8 Å². The molecule has 1 aromatic heterocycles. The Labute approximate surface area is 133 Å². The van der Waals surface area contributed by atoms with Crippen LogP contribution in [-0.2, 0) is 4.79 Å². The lowest BCUT2D eigenvalue weighted by atomic mass is 10.1. The number of hydrogen-bond donors (Lipinski definition) is 1. The minimum Gasteiger partial charge on any atom is -0.341 e. The monoisotopic (exact) mass is 323 g/mol. The van der Waals surface area contributed by atoms with E-state index < -0.39 is 0 Å². The zero-order valence-corrected chi connectivity index (χ0v) is 13.5. The molecule has 1 unspecified atom stereocenters. The standard InChI is InChI=1S/C15H18ClN3OS/c1-10(14(20)18-7-3-2-4-8-18)19-13-9-11(16)5-6-12(13)17-15(19)21/h5-6,9-10H,2-4,7-8H2,1H3,(H,17,21). The molecule has 0 saturated carbocycles. The maximum absolute atomic E-state index is 12.7. The van der Waals surface area contributed by atoms with E-state index in [-0.39, 0.29) is 11.9 Å². The number of likely N-dealkylation sites (tertiary alicyclic amines) is 1. The summed E-state index contributed by atoms with van der Waals surface area (Å²) in [4.78, 5) is 17.8. The third-order valence-electron chi connectivity index (χ3n) is 4.09. The number of carbonyl (C=O) groups excluding carboxylic acids is 1. The molecule has 1 aliphatic heterocycles. The number of piperidine rings is 1. The Hall–Kier alpha value is -1.33. The van der Waals surface area contributed by atoms with Gasteiger partial charge in [-0.1, -0.05) is 11.6 Å². The molecule has 1 amide bonds. The van der Waals surface area contributed by atoms with E-state index in [2.05, 4.69) is 4.98 Å². The fraction of sp³-hybridized carbons (Fsp3) is 0.467. The quantitative estimate of drug-likeness (QED) is 0.851. The normalized spacial score (nSPS) is 17.1. The highest BCUT2D eigenvalue weighted by Crippen LogP contribution is 2.24. The van der Waals surface area contributed by atoms with Crippen molar-refractivity contribution in [1.82, 2.24) is 14.5 Å². The van der Waals surface area contributed by atoms with Crippen molar-refractivity contribution in [2.24, 2.45) is 0 Å². The number of aromatic amines is 1. The summed E-state index contributed by atoms with van der Waals surface area (Å²) in [5.74, 6) is 0.131. The molecule has 2 heterocycles. The SMILES string of the molecule is CC(C(=O)N1CCCCC1)n1c(=S)[nH]c2ccc(Cl)cc21. The van der Waals surface area contributed by atoms with Gasteiger partial charge in [0.1, 0.15) is 6.04 Å². The molecule has 4 nitrogen and oxygen atoms in total. The van der Waals surface area contributed by atoms with Crippen LogP contribution in [0.5, 0.6) is 0 Å². The number of H-pyrrole nitrogens is 1. The minimum atomic E-state index is -0.317. The maximum Gasteiger partial charge on any atom is 0.245 e. The number of nitrogens with one attached hydrogen (secondary N) is 1. The fourth-order valence-electron chi connectivity index (χ4n) is 2.97. The second-order valence-corrected chi connectivity index (χ2v) is 6.35. The highest BCUT2D eigenvalue weighted by Gasteiger charge is 2.25. The molecule has 0 radical (unpaired) electrons. The summed E-state index contributed by atoms with van der Waals surface area (Å²) in [6.07, 6.45) is 3.38. The predicted octanol–water partition coefficient (Wildman–Crippen LogP) is 3.93. The van der Waals surface area contributed by atoms with E-state index in [4.69, 9.17) is 23.8 Å². The van der Waals surface area contributed by atoms with Gasteiger partial charge < -0.3 is 14.5 Å². The summed E-state index contributed by atoms with van der Waals surface area (Å²) >= 11 is 11.5. The Bertz CT molecular complexity index is 730. The Morgan fingerprint density at radius 3 is 2.76 bits per heavy atom. The highest BCUT2D eigenvalue weighted by atomic mass is 35.5. The van der Waals surface area contributed by atoms with Gasteiger partial charge in [-0.25, -0.2) is 0 Å². The average molecular weight is 324 g/mol. The second-order valence-electron chi connectivity index (χ2n) is 5.52. The molecule has 2 aromatic rings. The maximum atomic E-state index is 12.7. The van der Waals surface area contributed by atoms with E-state index in [1.165, 1.54) is 6.42 Å².